The van der Waals surface area contributed by atoms with Crippen LogP contribution in [0.3, 0.4) is 0 Å². The summed E-state index contributed by atoms with van der Waals surface area (Å²) in [5.74, 6) is 0. The molecule has 6 nitrogen and oxygen atoms in total. The van der Waals surface area contributed by atoms with Crippen molar-refractivity contribution in [3.8, 4) is 6.07 Å². The van der Waals surface area contributed by atoms with Crippen LogP contribution in [0.5, 0.6) is 0 Å². The van der Waals surface area contributed by atoms with Gasteiger partial charge in [-0.05, 0) is 43.8 Å². The molecule has 0 radical (unpaired) electrons. The quantitative estimate of drug-likeness (QED) is 0.610. The van der Waals surface area contributed by atoms with E-state index in [-0.39, 0.29) is 30.0 Å². The summed E-state index contributed by atoms with van der Waals surface area (Å²) in [4.78, 5) is 0. The zero-order valence-electron chi connectivity index (χ0n) is 17.7. The number of fused-ring (bicyclic) bond motifs is 1. The van der Waals surface area contributed by atoms with Gasteiger partial charge in [0.25, 0.3) is 0 Å². The van der Waals surface area contributed by atoms with E-state index in [0.29, 0.717) is 13.0 Å². The number of hydrogen-bond donors (Lipinski definition) is 2. The molecule has 27 heavy (non-hydrogen) atoms. The number of aliphatic hydroxyl groups excluding tert-OH is 1. The molecule has 0 saturated carbocycles. The summed E-state index contributed by atoms with van der Waals surface area (Å²) in [5, 5.41) is 18.4. The van der Waals surface area contributed by atoms with Gasteiger partial charge in [0.1, 0.15) is 5.60 Å². The van der Waals surface area contributed by atoms with Crippen molar-refractivity contribution < 1.29 is 19.0 Å². The number of aliphatic hydroxyl groups is 1. The van der Waals surface area contributed by atoms with Gasteiger partial charge in [-0.3, -0.25) is 0 Å². The van der Waals surface area contributed by atoms with Gasteiger partial charge in [-0.2, -0.15) is 5.26 Å². The molecule has 7 heteroatoms. The van der Waals surface area contributed by atoms with E-state index in [1.807, 2.05) is 0 Å². The van der Waals surface area contributed by atoms with Gasteiger partial charge in [0.05, 0.1) is 37.0 Å². The average Bonchev–Trinajstić information content (AvgIpc) is 2.95. The first-order valence-electron chi connectivity index (χ1n) is 10.3. The maximum atomic E-state index is 9.17. The van der Waals surface area contributed by atoms with Crippen LogP contribution in [-0.4, -0.2) is 56.6 Å². The fourth-order valence-electron chi connectivity index (χ4n) is 3.80. The van der Waals surface area contributed by atoms with Gasteiger partial charge in [0.15, 0.2) is 8.32 Å². The molecule has 2 saturated heterocycles. The summed E-state index contributed by atoms with van der Waals surface area (Å²) in [5.41, 5.74) is 5.39. The molecule has 0 aromatic rings. The van der Waals surface area contributed by atoms with E-state index in [0.717, 1.165) is 32.1 Å². The molecule has 156 valence electrons. The minimum Gasteiger partial charge on any atom is -0.414 e. The molecule has 0 aromatic carbocycles. The average molecular weight is 399 g/mol. The lowest BCUT2D eigenvalue weighted by Crippen LogP contribution is -2.55. The Kier molecular flexibility index (Phi) is 7.51. The first-order valence-corrected chi connectivity index (χ1v) is 13.2. The molecule has 0 aromatic heterocycles. The van der Waals surface area contributed by atoms with Crippen LogP contribution in [0.15, 0.2) is 0 Å². The van der Waals surface area contributed by atoms with Crippen LogP contribution in [0, 0.1) is 11.3 Å². The lowest BCUT2D eigenvalue weighted by molar-refractivity contribution is -0.181. The van der Waals surface area contributed by atoms with Gasteiger partial charge < -0.3 is 24.7 Å². The summed E-state index contributed by atoms with van der Waals surface area (Å²) in [6.07, 6.45) is 4.73. The molecule has 2 aliphatic rings. The predicted molar refractivity (Wildman–Crippen MR) is 108 cm³/mol. The van der Waals surface area contributed by atoms with Crippen molar-refractivity contribution in [2.45, 2.75) is 107 Å². The largest absolute Gasteiger partial charge is 0.414 e. The monoisotopic (exact) mass is 398 g/mol. The van der Waals surface area contributed by atoms with Gasteiger partial charge in [-0.15, -0.1) is 0 Å². The molecule has 2 heterocycles. The number of nitrogens with zero attached hydrogens (tertiary/aromatic N) is 1. The highest BCUT2D eigenvalue weighted by molar-refractivity contribution is 6.74. The van der Waals surface area contributed by atoms with E-state index in [9.17, 15) is 0 Å². The fourth-order valence-corrected chi connectivity index (χ4v) is 4.84. The highest BCUT2D eigenvalue weighted by Crippen LogP contribution is 2.45. The second-order valence-electron chi connectivity index (χ2n) is 9.72. The molecule has 2 unspecified atom stereocenters. The highest BCUT2D eigenvalue weighted by atomic mass is 28.4. The standard InChI is InChI=1S/C20H38N2O4Si/c1-19(2,3)27(4,5)24-14-20-12-17(7-6-10-23)25-18(20)9-8-16(26-20)11-15(22)13-21/h15-18,23H,6-12,14,22H2,1-5H3/t15-,16-,17?,18+,20?/m1/s1. The van der Waals surface area contributed by atoms with Crippen LogP contribution in [0.25, 0.3) is 0 Å². The van der Waals surface area contributed by atoms with Crippen molar-refractivity contribution in [2.75, 3.05) is 13.2 Å². The molecule has 5 atom stereocenters. The van der Waals surface area contributed by atoms with Crippen molar-refractivity contribution in [3.63, 3.8) is 0 Å². The predicted octanol–water partition coefficient (Wildman–Crippen LogP) is 3.10. The molecule has 0 spiro atoms. The van der Waals surface area contributed by atoms with E-state index in [2.05, 4.69) is 39.9 Å². The van der Waals surface area contributed by atoms with Gasteiger partial charge in [0.2, 0.25) is 0 Å². The molecule has 2 rings (SSSR count). The third-order valence-corrected chi connectivity index (χ3v) is 11.0. The topological polar surface area (TPSA) is 97.7 Å². The van der Waals surface area contributed by atoms with Crippen molar-refractivity contribution in [3.05, 3.63) is 0 Å². The second-order valence-corrected chi connectivity index (χ2v) is 14.5. The SMILES string of the molecule is CC(C)(C)[Si](C)(C)OCC12CC(CCCO)O[C@H]1CC[C@H](C[C@@H](N)C#N)O2. The number of rotatable bonds is 8. The first-order chi connectivity index (χ1) is 12.5. The Bertz CT molecular complexity index is 531. The lowest BCUT2D eigenvalue weighted by Gasteiger charge is -2.45. The number of nitrogens with two attached hydrogens (primary N) is 1. The number of ether oxygens (including phenoxy) is 2. The Morgan fingerprint density at radius 3 is 2.63 bits per heavy atom. The summed E-state index contributed by atoms with van der Waals surface area (Å²) in [6, 6.07) is 1.61. The lowest BCUT2D eigenvalue weighted by atomic mass is 9.85. The fraction of sp³-hybridized carbons (Fsp3) is 0.950. The van der Waals surface area contributed by atoms with E-state index >= 15 is 0 Å². The van der Waals surface area contributed by atoms with E-state index in [1.165, 1.54) is 0 Å². The van der Waals surface area contributed by atoms with Crippen molar-refractivity contribution >= 4 is 8.32 Å². The molecule has 2 fully saturated rings. The Hall–Kier alpha value is -0.493. The molecule has 0 bridgehead atoms. The van der Waals surface area contributed by atoms with Gasteiger partial charge >= 0.3 is 0 Å². The molecular formula is C20H38N2O4Si. The van der Waals surface area contributed by atoms with Gasteiger partial charge in [0, 0.05) is 19.4 Å². The van der Waals surface area contributed by atoms with Gasteiger partial charge in [-0.25, -0.2) is 0 Å². The Balaban J connectivity index is 2.13. The summed E-state index contributed by atoms with van der Waals surface area (Å²) >= 11 is 0. The minimum absolute atomic E-state index is 0.0144. The molecule has 3 N–H and O–H groups in total. The summed E-state index contributed by atoms with van der Waals surface area (Å²) in [6.45, 7) is 11.9. The smallest absolute Gasteiger partial charge is 0.192 e. The molecule has 0 amide bonds. The van der Waals surface area contributed by atoms with Crippen LogP contribution in [0.2, 0.25) is 18.1 Å². The zero-order chi connectivity index (χ0) is 20.3. The summed E-state index contributed by atoms with van der Waals surface area (Å²) in [7, 11) is -1.91. The van der Waals surface area contributed by atoms with Crippen molar-refractivity contribution in [2.24, 2.45) is 5.73 Å². The van der Waals surface area contributed by atoms with E-state index < -0.39 is 20.0 Å². The Morgan fingerprint density at radius 1 is 1.33 bits per heavy atom. The maximum absolute atomic E-state index is 9.17. The Labute approximate surface area is 165 Å². The molecule has 0 aliphatic carbocycles. The molecule has 2 aliphatic heterocycles. The Morgan fingerprint density at radius 2 is 2.04 bits per heavy atom. The third-order valence-electron chi connectivity index (χ3n) is 6.52. The van der Waals surface area contributed by atoms with Gasteiger partial charge in [-0.1, -0.05) is 20.8 Å². The molecular weight excluding hydrogens is 360 g/mol. The van der Waals surface area contributed by atoms with E-state index in [1.54, 1.807) is 0 Å². The van der Waals surface area contributed by atoms with Crippen LogP contribution < -0.4 is 5.73 Å². The first kappa shape index (κ1) is 22.8. The van der Waals surface area contributed by atoms with Crippen LogP contribution in [0.1, 0.15) is 59.3 Å². The maximum Gasteiger partial charge on any atom is 0.192 e. The van der Waals surface area contributed by atoms with Crippen LogP contribution in [-0.2, 0) is 13.9 Å². The second kappa shape index (κ2) is 8.89. The normalized spacial score (nSPS) is 32.7. The number of nitriles is 1. The van der Waals surface area contributed by atoms with Crippen molar-refractivity contribution in [1.29, 1.82) is 5.26 Å². The highest BCUT2D eigenvalue weighted by Gasteiger charge is 2.54. The van der Waals surface area contributed by atoms with Crippen LogP contribution in [0.4, 0.5) is 0 Å². The third kappa shape index (κ3) is 5.53. The van der Waals surface area contributed by atoms with Crippen molar-refractivity contribution in [1.82, 2.24) is 0 Å². The van der Waals surface area contributed by atoms with E-state index in [4.69, 9.17) is 30.0 Å². The number of hydrogen-bond acceptors (Lipinski definition) is 6. The van der Waals surface area contributed by atoms with Crippen LogP contribution >= 0.6 is 0 Å². The minimum atomic E-state index is -1.91. The summed E-state index contributed by atoms with van der Waals surface area (Å²) < 4.78 is 19.4. The zero-order valence-corrected chi connectivity index (χ0v) is 18.7.